The molecular formula is C12H17NO. The van der Waals surface area contributed by atoms with Crippen LogP contribution in [0.4, 0.5) is 0 Å². The molecule has 0 fully saturated rings. The van der Waals surface area contributed by atoms with Crippen LogP contribution in [0.25, 0.3) is 0 Å². The van der Waals surface area contributed by atoms with E-state index in [4.69, 9.17) is 4.74 Å². The summed E-state index contributed by atoms with van der Waals surface area (Å²) < 4.78 is 5.59. The molecule has 0 radical (unpaired) electrons. The Hall–Kier alpha value is -1.05. The normalized spacial score (nSPS) is 22.3. The van der Waals surface area contributed by atoms with Gasteiger partial charge < -0.3 is 4.74 Å². The summed E-state index contributed by atoms with van der Waals surface area (Å²) in [5.74, 6) is 2.28. The number of rotatable bonds is 2. The van der Waals surface area contributed by atoms with Gasteiger partial charge in [-0.25, -0.2) is 0 Å². The maximum atomic E-state index is 5.59. The van der Waals surface area contributed by atoms with Crippen LogP contribution in [-0.2, 0) is 0 Å². The molecule has 76 valence electrons. The molecule has 1 aliphatic heterocycles. The first-order valence-electron chi connectivity index (χ1n) is 5.40. The van der Waals surface area contributed by atoms with Gasteiger partial charge in [-0.1, -0.05) is 20.3 Å². The first-order valence-corrected chi connectivity index (χ1v) is 5.40. The third-order valence-corrected chi connectivity index (χ3v) is 3.17. The predicted molar refractivity (Wildman–Crippen MR) is 56.5 cm³/mol. The van der Waals surface area contributed by atoms with Crippen molar-refractivity contribution in [2.75, 3.05) is 6.61 Å². The summed E-state index contributed by atoms with van der Waals surface area (Å²) in [4.78, 5) is 4.44. The minimum atomic E-state index is 0.588. The van der Waals surface area contributed by atoms with Crippen LogP contribution in [0.15, 0.2) is 18.3 Å². The van der Waals surface area contributed by atoms with Gasteiger partial charge in [0, 0.05) is 12.1 Å². The summed E-state index contributed by atoms with van der Waals surface area (Å²) in [6.45, 7) is 5.38. The molecule has 0 aliphatic carbocycles. The van der Waals surface area contributed by atoms with Crippen molar-refractivity contribution >= 4 is 0 Å². The number of hydrogen-bond acceptors (Lipinski definition) is 2. The third-order valence-electron chi connectivity index (χ3n) is 3.17. The lowest BCUT2D eigenvalue weighted by atomic mass is 9.85. The van der Waals surface area contributed by atoms with E-state index in [0.717, 1.165) is 24.5 Å². The number of nitrogens with zero attached hydrogens (tertiary/aromatic N) is 1. The second kappa shape index (κ2) is 3.99. The minimum Gasteiger partial charge on any atom is -0.492 e. The number of pyridine rings is 1. The molecule has 2 atom stereocenters. The number of hydrogen-bond donors (Lipinski definition) is 0. The molecule has 0 amide bonds. The van der Waals surface area contributed by atoms with Crippen LogP contribution in [0.1, 0.15) is 38.3 Å². The summed E-state index contributed by atoms with van der Waals surface area (Å²) in [5, 5.41) is 0. The van der Waals surface area contributed by atoms with E-state index < -0.39 is 0 Å². The molecule has 1 aliphatic rings. The quantitative estimate of drug-likeness (QED) is 0.717. The van der Waals surface area contributed by atoms with Gasteiger partial charge in [0.2, 0.25) is 0 Å². The van der Waals surface area contributed by atoms with Gasteiger partial charge in [-0.15, -0.1) is 0 Å². The van der Waals surface area contributed by atoms with Crippen LogP contribution in [-0.4, -0.2) is 11.6 Å². The smallest absolute Gasteiger partial charge is 0.141 e. The van der Waals surface area contributed by atoms with Gasteiger partial charge in [-0.3, -0.25) is 4.98 Å². The molecule has 2 heterocycles. The summed E-state index contributed by atoms with van der Waals surface area (Å²) in [5.41, 5.74) is 1.16. The zero-order valence-corrected chi connectivity index (χ0v) is 8.86. The van der Waals surface area contributed by atoms with Crippen molar-refractivity contribution in [3.8, 4) is 5.75 Å². The van der Waals surface area contributed by atoms with E-state index in [9.17, 15) is 0 Å². The van der Waals surface area contributed by atoms with Crippen LogP contribution in [0.3, 0.4) is 0 Å². The van der Waals surface area contributed by atoms with E-state index in [1.54, 1.807) is 0 Å². The second-order valence-corrected chi connectivity index (χ2v) is 4.02. The zero-order chi connectivity index (χ0) is 9.97. The molecule has 0 aromatic carbocycles. The average molecular weight is 191 g/mol. The lowest BCUT2D eigenvalue weighted by Gasteiger charge is -2.28. The number of aromatic nitrogens is 1. The van der Waals surface area contributed by atoms with Crippen LogP contribution in [0.2, 0.25) is 0 Å². The van der Waals surface area contributed by atoms with Gasteiger partial charge >= 0.3 is 0 Å². The lowest BCUT2D eigenvalue weighted by molar-refractivity contribution is 0.235. The van der Waals surface area contributed by atoms with E-state index in [2.05, 4.69) is 18.8 Å². The summed E-state index contributed by atoms with van der Waals surface area (Å²) in [7, 11) is 0. The Morgan fingerprint density at radius 2 is 2.50 bits per heavy atom. The van der Waals surface area contributed by atoms with Gasteiger partial charge in [0.25, 0.3) is 0 Å². The van der Waals surface area contributed by atoms with Crippen LogP contribution >= 0.6 is 0 Å². The van der Waals surface area contributed by atoms with Crippen molar-refractivity contribution in [1.82, 2.24) is 4.98 Å². The highest BCUT2D eigenvalue weighted by atomic mass is 16.5. The number of ether oxygens (including phenoxy) is 1. The molecule has 0 spiro atoms. The van der Waals surface area contributed by atoms with Crippen molar-refractivity contribution in [1.29, 1.82) is 0 Å². The Bertz CT molecular complexity index is 311. The van der Waals surface area contributed by atoms with E-state index in [-0.39, 0.29) is 0 Å². The van der Waals surface area contributed by atoms with Crippen molar-refractivity contribution in [3.63, 3.8) is 0 Å². The molecule has 0 saturated carbocycles. The highest BCUT2D eigenvalue weighted by Gasteiger charge is 2.26. The fourth-order valence-electron chi connectivity index (χ4n) is 2.07. The third kappa shape index (κ3) is 1.61. The Labute approximate surface area is 85.3 Å². The van der Waals surface area contributed by atoms with Crippen molar-refractivity contribution < 1.29 is 4.74 Å². The summed E-state index contributed by atoms with van der Waals surface area (Å²) >= 11 is 0. The van der Waals surface area contributed by atoms with E-state index in [0.29, 0.717) is 11.8 Å². The first kappa shape index (κ1) is 9.50. The zero-order valence-electron chi connectivity index (χ0n) is 8.86. The average Bonchev–Trinajstić information content (AvgIpc) is 2.27. The molecule has 2 heteroatoms. The SMILES string of the molecule is CCC(C)[C@H]1CCOc2cccnc21. The Morgan fingerprint density at radius 3 is 3.29 bits per heavy atom. The van der Waals surface area contributed by atoms with Crippen LogP contribution in [0.5, 0.6) is 5.75 Å². The van der Waals surface area contributed by atoms with E-state index >= 15 is 0 Å². The monoisotopic (exact) mass is 191 g/mol. The largest absolute Gasteiger partial charge is 0.492 e. The van der Waals surface area contributed by atoms with Crippen molar-refractivity contribution in [2.24, 2.45) is 5.92 Å². The van der Waals surface area contributed by atoms with Crippen molar-refractivity contribution in [3.05, 3.63) is 24.0 Å². The second-order valence-electron chi connectivity index (χ2n) is 4.02. The van der Waals surface area contributed by atoms with Gasteiger partial charge in [0.05, 0.1) is 12.3 Å². The first-order chi connectivity index (χ1) is 6.83. The Balaban J connectivity index is 2.30. The highest BCUT2D eigenvalue weighted by molar-refractivity contribution is 5.32. The fourth-order valence-corrected chi connectivity index (χ4v) is 2.07. The van der Waals surface area contributed by atoms with Gasteiger partial charge in [0.15, 0.2) is 0 Å². The van der Waals surface area contributed by atoms with Crippen LogP contribution < -0.4 is 4.74 Å². The summed E-state index contributed by atoms with van der Waals surface area (Å²) in [6.07, 6.45) is 4.18. The van der Waals surface area contributed by atoms with Crippen molar-refractivity contribution in [2.45, 2.75) is 32.6 Å². The molecule has 0 bridgehead atoms. The molecule has 1 unspecified atom stereocenters. The maximum Gasteiger partial charge on any atom is 0.141 e. The Morgan fingerprint density at radius 1 is 1.64 bits per heavy atom. The molecule has 14 heavy (non-hydrogen) atoms. The molecule has 2 nitrogen and oxygen atoms in total. The molecular weight excluding hydrogens is 174 g/mol. The number of fused-ring (bicyclic) bond motifs is 1. The fraction of sp³-hybridized carbons (Fsp3) is 0.583. The minimum absolute atomic E-state index is 0.588. The maximum absolute atomic E-state index is 5.59. The standard InChI is InChI=1S/C12H17NO/c1-3-9(2)10-6-8-14-11-5-4-7-13-12(10)11/h4-5,7,9-10H,3,6,8H2,1-2H3/t9?,10-/m1/s1. The molecule has 2 rings (SSSR count). The topological polar surface area (TPSA) is 22.1 Å². The molecule has 0 N–H and O–H groups in total. The Kier molecular flexibility index (Phi) is 2.71. The predicted octanol–water partition coefficient (Wildman–Crippen LogP) is 2.99. The van der Waals surface area contributed by atoms with Gasteiger partial charge in [-0.05, 0) is 24.5 Å². The molecule has 1 aromatic heterocycles. The van der Waals surface area contributed by atoms with Gasteiger partial charge in [-0.2, -0.15) is 0 Å². The summed E-state index contributed by atoms with van der Waals surface area (Å²) in [6, 6.07) is 3.97. The molecule has 0 saturated heterocycles. The van der Waals surface area contributed by atoms with E-state index in [1.165, 1.54) is 6.42 Å². The van der Waals surface area contributed by atoms with Crippen LogP contribution in [0, 0.1) is 5.92 Å². The highest BCUT2D eigenvalue weighted by Crippen LogP contribution is 2.37. The lowest BCUT2D eigenvalue weighted by Crippen LogP contribution is -2.20. The van der Waals surface area contributed by atoms with Gasteiger partial charge in [0.1, 0.15) is 5.75 Å². The van der Waals surface area contributed by atoms with E-state index in [1.807, 2.05) is 18.3 Å². The molecule has 1 aromatic rings.